The van der Waals surface area contributed by atoms with Crippen molar-refractivity contribution < 1.29 is 4.79 Å². The molecular formula is C14H19ClN2O. The second kappa shape index (κ2) is 5.29. The number of carbonyl (C=O) groups excluding carboxylic acids is 1. The molecule has 1 aliphatic rings. The third-order valence-corrected chi connectivity index (χ3v) is 3.76. The predicted octanol–water partition coefficient (Wildman–Crippen LogP) is 2.46. The van der Waals surface area contributed by atoms with Crippen LogP contribution in [0.1, 0.15) is 29.3 Å². The van der Waals surface area contributed by atoms with Crippen LogP contribution in [-0.2, 0) is 0 Å². The number of rotatable bonds is 2. The molecule has 0 aromatic heterocycles. The maximum atomic E-state index is 12.3. The monoisotopic (exact) mass is 266 g/mol. The van der Waals surface area contributed by atoms with Crippen LogP contribution in [0.15, 0.2) is 18.2 Å². The summed E-state index contributed by atoms with van der Waals surface area (Å²) >= 11 is 5.99. The van der Waals surface area contributed by atoms with Gasteiger partial charge in [-0.25, -0.2) is 0 Å². The Hall–Kier alpha value is -1.06. The summed E-state index contributed by atoms with van der Waals surface area (Å²) in [6.45, 7) is 5.48. The van der Waals surface area contributed by atoms with E-state index in [4.69, 9.17) is 17.3 Å². The van der Waals surface area contributed by atoms with Gasteiger partial charge in [-0.3, -0.25) is 4.79 Å². The minimum Gasteiger partial charge on any atom is -0.338 e. The lowest BCUT2D eigenvalue weighted by Gasteiger charge is -2.18. The van der Waals surface area contributed by atoms with Crippen molar-refractivity contribution in [3.05, 3.63) is 34.3 Å². The van der Waals surface area contributed by atoms with E-state index in [0.717, 1.165) is 25.1 Å². The van der Waals surface area contributed by atoms with Crippen molar-refractivity contribution in [2.75, 3.05) is 13.1 Å². The van der Waals surface area contributed by atoms with E-state index in [-0.39, 0.29) is 11.9 Å². The summed E-state index contributed by atoms with van der Waals surface area (Å²) < 4.78 is 0. The molecule has 1 aliphatic heterocycles. The molecule has 2 unspecified atom stereocenters. The quantitative estimate of drug-likeness (QED) is 0.894. The van der Waals surface area contributed by atoms with Crippen molar-refractivity contribution in [2.24, 2.45) is 11.7 Å². The highest BCUT2D eigenvalue weighted by molar-refractivity contribution is 6.31. The average molecular weight is 267 g/mol. The molecule has 2 N–H and O–H groups in total. The molecular weight excluding hydrogens is 248 g/mol. The van der Waals surface area contributed by atoms with Gasteiger partial charge in [0.25, 0.3) is 5.91 Å². The molecule has 0 spiro atoms. The van der Waals surface area contributed by atoms with E-state index < -0.39 is 0 Å². The molecule has 1 heterocycles. The second-order valence-corrected chi connectivity index (χ2v) is 5.61. The van der Waals surface area contributed by atoms with E-state index in [9.17, 15) is 4.79 Å². The third-order valence-electron chi connectivity index (χ3n) is 3.54. The van der Waals surface area contributed by atoms with Crippen LogP contribution < -0.4 is 5.73 Å². The number of hydrogen-bond donors (Lipinski definition) is 1. The number of halogens is 1. The van der Waals surface area contributed by atoms with Gasteiger partial charge in [0.05, 0.1) is 0 Å². The van der Waals surface area contributed by atoms with Crippen LogP contribution in [0, 0.1) is 12.8 Å². The Kier molecular flexibility index (Phi) is 3.93. The zero-order chi connectivity index (χ0) is 13.3. The molecule has 0 bridgehead atoms. The molecule has 18 heavy (non-hydrogen) atoms. The average Bonchev–Trinajstić information content (AvgIpc) is 2.75. The second-order valence-electron chi connectivity index (χ2n) is 5.18. The number of amides is 1. The van der Waals surface area contributed by atoms with Crippen molar-refractivity contribution >= 4 is 17.5 Å². The Morgan fingerprint density at radius 2 is 2.22 bits per heavy atom. The highest BCUT2D eigenvalue weighted by Crippen LogP contribution is 2.22. The van der Waals surface area contributed by atoms with Gasteiger partial charge in [-0.05, 0) is 49.9 Å². The highest BCUT2D eigenvalue weighted by atomic mass is 35.5. The molecule has 1 fully saturated rings. The molecule has 1 aromatic rings. The van der Waals surface area contributed by atoms with Crippen LogP contribution in [-0.4, -0.2) is 29.9 Å². The van der Waals surface area contributed by atoms with E-state index in [0.29, 0.717) is 16.5 Å². The van der Waals surface area contributed by atoms with E-state index in [1.807, 2.05) is 30.9 Å². The summed E-state index contributed by atoms with van der Waals surface area (Å²) in [4.78, 5) is 14.2. The number of aryl methyl sites for hydroxylation is 1. The molecule has 0 radical (unpaired) electrons. The van der Waals surface area contributed by atoms with Gasteiger partial charge in [-0.2, -0.15) is 0 Å². The summed E-state index contributed by atoms with van der Waals surface area (Å²) in [6.07, 6.45) is 0.989. The Bertz CT molecular complexity index is 439. The molecule has 2 atom stereocenters. The summed E-state index contributed by atoms with van der Waals surface area (Å²) in [5.74, 6) is 0.470. The van der Waals surface area contributed by atoms with Crippen LogP contribution in [0.2, 0.25) is 5.02 Å². The number of nitrogens with zero attached hydrogens (tertiary/aromatic N) is 1. The smallest absolute Gasteiger partial charge is 0.253 e. The van der Waals surface area contributed by atoms with E-state index in [1.165, 1.54) is 0 Å². The van der Waals surface area contributed by atoms with Crippen LogP contribution in [0.3, 0.4) is 0 Å². The Labute approximate surface area is 113 Å². The van der Waals surface area contributed by atoms with Crippen molar-refractivity contribution in [3.8, 4) is 0 Å². The number of hydrogen-bond acceptors (Lipinski definition) is 2. The summed E-state index contributed by atoms with van der Waals surface area (Å²) in [6, 6.07) is 5.61. The first-order valence-corrected chi connectivity index (χ1v) is 6.67. The van der Waals surface area contributed by atoms with E-state index >= 15 is 0 Å². The molecule has 0 aliphatic carbocycles. The molecule has 1 amide bonds. The van der Waals surface area contributed by atoms with Gasteiger partial charge in [0.2, 0.25) is 0 Å². The van der Waals surface area contributed by atoms with Gasteiger partial charge >= 0.3 is 0 Å². The van der Waals surface area contributed by atoms with Crippen LogP contribution >= 0.6 is 11.6 Å². The largest absolute Gasteiger partial charge is 0.338 e. The zero-order valence-corrected chi connectivity index (χ0v) is 11.6. The normalized spacial score (nSPS) is 21.1. The first kappa shape index (κ1) is 13.4. The number of nitrogens with two attached hydrogens (primary N) is 1. The van der Waals surface area contributed by atoms with Crippen molar-refractivity contribution in [3.63, 3.8) is 0 Å². The number of likely N-dealkylation sites (tertiary alicyclic amines) is 1. The molecule has 3 nitrogen and oxygen atoms in total. The number of benzene rings is 1. The predicted molar refractivity (Wildman–Crippen MR) is 73.8 cm³/mol. The van der Waals surface area contributed by atoms with Gasteiger partial charge < -0.3 is 10.6 Å². The lowest BCUT2D eigenvalue weighted by atomic mass is 10.0. The highest BCUT2D eigenvalue weighted by Gasteiger charge is 2.29. The maximum absolute atomic E-state index is 12.3. The van der Waals surface area contributed by atoms with Crippen molar-refractivity contribution in [1.82, 2.24) is 4.90 Å². The van der Waals surface area contributed by atoms with Crippen LogP contribution in [0.4, 0.5) is 0 Å². The van der Waals surface area contributed by atoms with Gasteiger partial charge in [-0.15, -0.1) is 0 Å². The minimum absolute atomic E-state index is 0.0590. The van der Waals surface area contributed by atoms with Gasteiger partial charge in [0, 0.05) is 29.7 Å². The van der Waals surface area contributed by atoms with Crippen molar-refractivity contribution in [2.45, 2.75) is 26.3 Å². The fourth-order valence-corrected chi connectivity index (χ4v) is 2.73. The Balaban J connectivity index is 2.12. The standard InChI is InChI=1S/C14H19ClN2O/c1-9-5-12(7-13(15)6-9)14(18)17-4-3-11(8-17)10(2)16/h5-7,10-11H,3-4,8,16H2,1-2H3. The molecule has 1 aromatic carbocycles. The van der Waals surface area contributed by atoms with Crippen LogP contribution in [0.25, 0.3) is 0 Å². The summed E-state index contributed by atoms with van der Waals surface area (Å²) in [5.41, 5.74) is 7.57. The summed E-state index contributed by atoms with van der Waals surface area (Å²) in [7, 11) is 0. The van der Waals surface area contributed by atoms with Gasteiger partial charge in [-0.1, -0.05) is 11.6 Å². The molecule has 98 valence electrons. The zero-order valence-electron chi connectivity index (χ0n) is 10.8. The molecule has 0 saturated carbocycles. The molecule has 4 heteroatoms. The molecule has 2 rings (SSSR count). The molecule has 1 saturated heterocycles. The Morgan fingerprint density at radius 3 is 2.78 bits per heavy atom. The summed E-state index contributed by atoms with van der Waals surface area (Å²) in [5, 5.41) is 0.612. The SMILES string of the molecule is Cc1cc(Cl)cc(C(=O)N2CCC(C(C)N)C2)c1. The fourth-order valence-electron chi connectivity index (χ4n) is 2.44. The maximum Gasteiger partial charge on any atom is 0.253 e. The van der Waals surface area contributed by atoms with E-state index in [2.05, 4.69) is 0 Å². The topological polar surface area (TPSA) is 46.3 Å². The first-order chi connectivity index (χ1) is 8.47. The number of carbonyl (C=O) groups is 1. The lowest BCUT2D eigenvalue weighted by molar-refractivity contribution is 0.0786. The fraction of sp³-hybridized carbons (Fsp3) is 0.500. The first-order valence-electron chi connectivity index (χ1n) is 6.29. The van der Waals surface area contributed by atoms with Gasteiger partial charge in [0.1, 0.15) is 0 Å². The lowest BCUT2D eigenvalue weighted by Crippen LogP contribution is -2.33. The van der Waals surface area contributed by atoms with Crippen LogP contribution in [0.5, 0.6) is 0 Å². The van der Waals surface area contributed by atoms with Gasteiger partial charge in [0.15, 0.2) is 0 Å². The third kappa shape index (κ3) is 2.85. The Morgan fingerprint density at radius 1 is 1.50 bits per heavy atom. The van der Waals surface area contributed by atoms with E-state index in [1.54, 1.807) is 6.07 Å². The van der Waals surface area contributed by atoms with Crippen molar-refractivity contribution in [1.29, 1.82) is 0 Å². The minimum atomic E-state index is 0.0590.